The Labute approximate surface area is 155 Å². The summed E-state index contributed by atoms with van der Waals surface area (Å²) in [6, 6.07) is 12.4. The minimum absolute atomic E-state index is 0.0534. The average molecular weight is 366 g/mol. The Morgan fingerprint density at radius 2 is 1.74 bits per heavy atom. The highest BCUT2D eigenvalue weighted by Gasteiger charge is 2.23. The lowest BCUT2D eigenvalue weighted by Gasteiger charge is -2.19. The van der Waals surface area contributed by atoms with Gasteiger partial charge in [-0.05, 0) is 48.7 Å². The zero-order valence-corrected chi connectivity index (χ0v) is 14.7. The predicted octanol–water partition coefficient (Wildman–Crippen LogP) is 5.08. The van der Waals surface area contributed by atoms with Crippen molar-refractivity contribution in [3.05, 3.63) is 64.8 Å². The van der Waals surface area contributed by atoms with E-state index in [1.807, 2.05) is 0 Å². The van der Waals surface area contributed by atoms with Crippen LogP contribution >= 0.6 is 0 Å². The van der Waals surface area contributed by atoms with Crippen LogP contribution < -0.4 is 10.4 Å². The van der Waals surface area contributed by atoms with Gasteiger partial charge in [-0.3, -0.25) is 4.79 Å². The third kappa shape index (κ3) is 3.77. The monoisotopic (exact) mass is 366 g/mol. The maximum Gasteiger partial charge on any atom is 0.344 e. The first kappa shape index (κ1) is 17.5. The fourth-order valence-corrected chi connectivity index (χ4v) is 3.52. The first-order valence-electron chi connectivity index (χ1n) is 9.16. The molecule has 1 aliphatic carbocycles. The first-order chi connectivity index (χ1) is 13.1. The molecular weight excluding hydrogens is 347 g/mol. The number of rotatable bonds is 3. The van der Waals surface area contributed by atoms with Crippen LogP contribution in [-0.4, -0.2) is 5.97 Å². The summed E-state index contributed by atoms with van der Waals surface area (Å²) in [7, 11) is 0. The molecule has 0 unspecified atom stereocenters. The van der Waals surface area contributed by atoms with Gasteiger partial charge < -0.3 is 9.15 Å². The molecule has 2 aromatic carbocycles. The lowest BCUT2D eigenvalue weighted by atomic mass is 9.89. The van der Waals surface area contributed by atoms with Gasteiger partial charge in [0.25, 0.3) is 0 Å². The van der Waals surface area contributed by atoms with Gasteiger partial charge in [-0.2, -0.15) is 0 Å². The molecule has 1 fully saturated rings. The van der Waals surface area contributed by atoms with Crippen LogP contribution in [0.4, 0.5) is 4.39 Å². The highest BCUT2D eigenvalue weighted by molar-refractivity contribution is 5.84. The van der Waals surface area contributed by atoms with E-state index in [0.29, 0.717) is 27.8 Å². The van der Waals surface area contributed by atoms with Gasteiger partial charge in [-0.15, -0.1) is 0 Å². The third-order valence-corrected chi connectivity index (χ3v) is 5.02. The van der Waals surface area contributed by atoms with Gasteiger partial charge in [0.2, 0.25) is 0 Å². The maximum atomic E-state index is 13.1. The van der Waals surface area contributed by atoms with Crippen LogP contribution in [0.25, 0.3) is 22.1 Å². The summed E-state index contributed by atoms with van der Waals surface area (Å²) in [6.45, 7) is 0. The molecule has 4 nitrogen and oxygen atoms in total. The SMILES string of the molecule is O=C(Oc1ccc2cc(-c3ccc(F)cc3)c(=O)oc2c1)C1CCCCC1. The normalized spacial score (nSPS) is 15.0. The van der Waals surface area contributed by atoms with Crippen molar-refractivity contribution in [1.82, 2.24) is 0 Å². The predicted molar refractivity (Wildman–Crippen MR) is 100 cm³/mol. The molecule has 1 saturated carbocycles. The van der Waals surface area contributed by atoms with E-state index < -0.39 is 5.63 Å². The van der Waals surface area contributed by atoms with Crippen LogP contribution in [0, 0.1) is 11.7 Å². The molecule has 27 heavy (non-hydrogen) atoms. The fourth-order valence-electron chi connectivity index (χ4n) is 3.52. The van der Waals surface area contributed by atoms with Crippen molar-refractivity contribution in [2.45, 2.75) is 32.1 Å². The van der Waals surface area contributed by atoms with E-state index in [-0.39, 0.29) is 17.7 Å². The fraction of sp³-hybridized carbons (Fsp3) is 0.273. The number of carbonyl (C=O) groups is 1. The van der Waals surface area contributed by atoms with Gasteiger partial charge in [0.1, 0.15) is 17.1 Å². The van der Waals surface area contributed by atoms with E-state index >= 15 is 0 Å². The minimum atomic E-state index is -0.523. The second-order valence-electron chi connectivity index (χ2n) is 6.91. The summed E-state index contributed by atoms with van der Waals surface area (Å²) in [6.07, 6.45) is 5.00. The Hall–Kier alpha value is -2.95. The molecule has 3 aromatic rings. The molecule has 0 N–H and O–H groups in total. The molecule has 1 heterocycles. The van der Waals surface area contributed by atoms with E-state index in [2.05, 4.69) is 0 Å². The third-order valence-electron chi connectivity index (χ3n) is 5.02. The van der Waals surface area contributed by atoms with Crippen LogP contribution in [-0.2, 0) is 4.79 Å². The molecule has 0 amide bonds. The van der Waals surface area contributed by atoms with Crippen LogP contribution in [0.3, 0.4) is 0 Å². The quantitative estimate of drug-likeness (QED) is 0.368. The second kappa shape index (κ2) is 7.35. The van der Waals surface area contributed by atoms with Crippen molar-refractivity contribution in [3.63, 3.8) is 0 Å². The van der Waals surface area contributed by atoms with E-state index in [1.165, 1.54) is 30.7 Å². The number of ether oxygens (including phenoxy) is 1. The molecule has 4 rings (SSSR count). The molecule has 0 spiro atoms. The van der Waals surface area contributed by atoms with Crippen molar-refractivity contribution in [2.75, 3.05) is 0 Å². The van der Waals surface area contributed by atoms with Crippen molar-refractivity contribution >= 4 is 16.9 Å². The van der Waals surface area contributed by atoms with Crippen LogP contribution in [0.15, 0.2) is 57.7 Å². The first-order valence-corrected chi connectivity index (χ1v) is 9.16. The summed E-state index contributed by atoms with van der Waals surface area (Å²) in [4.78, 5) is 24.6. The molecule has 0 radical (unpaired) electrons. The Balaban J connectivity index is 1.61. The zero-order valence-electron chi connectivity index (χ0n) is 14.7. The van der Waals surface area contributed by atoms with Crippen molar-refractivity contribution < 1.29 is 18.3 Å². The van der Waals surface area contributed by atoms with Gasteiger partial charge in [0.05, 0.1) is 11.5 Å². The molecule has 0 atom stereocenters. The maximum absolute atomic E-state index is 13.1. The number of esters is 1. The number of benzene rings is 2. The Morgan fingerprint density at radius 1 is 1.00 bits per heavy atom. The molecule has 138 valence electrons. The number of hydrogen-bond acceptors (Lipinski definition) is 4. The van der Waals surface area contributed by atoms with Crippen LogP contribution in [0.2, 0.25) is 0 Å². The topological polar surface area (TPSA) is 56.5 Å². The summed E-state index contributed by atoms with van der Waals surface area (Å²) in [5.74, 6) is -0.272. The van der Waals surface area contributed by atoms with Gasteiger partial charge in [0, 0.05) is 11.5 Å². The summed E-state index contributed by atoms with van der Waals surface area (Å²) in [5, 5.41) is 0.700. The second-order valence-corrected chi connectivity index (χ2v) is 6.91. The lowest BCUT2D eigenvalue weighted by Crippen LogP contribution is -2.22. The van der Waals surface area contributed by atoms with E-state index in [9.17, 15) is 14.0 Å². The van der Waals surface area contributed by atoms with Gasteiger partial charge in [-0.1, -0.05) is 31.4 Å². The number of hydrogen-bond donors (Lipinski definition) is 0. The number of fused-ring (bicyclic) bond motifs is 1. The van der Waals surface area contributed by atoms with Gasteiger partial charge >= 0.3 is 11.6 Å². The Bertz CT molecular complexity index is 1030. The van der Waals surface area contributed by atoms with Crippen molar-refractivity contribution in [3.8, 4) is 16.9 Å². The Morgan fingerprint density at radius 3 is 2.48 bits per heavy atom. The minimum Gasteiger partial charge on any atom is -0.426 e. The smallest absolute Gasteiger partial charge is 0.344 e. The van der Waals surface area contributed by atoms with E-state index in [4.69, 9.17) is 9.15 Å². The lowest BCUT2D eigenvalue weighted by molar-refractivity contribution is -0.139. The standard InChI is InChI=1S/C22H19FO4/c23-17-9-6-14(7-10-17)19-12-16-8-11-18(13-20(16)27-22(19)25)26-21(24)15-4-2-1-3-5-15/h6-13,15H,1-5H2. The Kier molecular flexibility index (Phi) is 4.75. The zero-order chi connectivity index (χ0) is 18.8. The highest BCUT2D eigenvalue weighted by Crippen LogP contribution is 2.28. The molecule has 0 saturated heterocycles. The largest absolute Gasteiger partial charge is 0.426 e. The molecule has 5 heteroatoms. The van der Waals surface area contributed by atoms with Crippen molar-refractivity contribution in [2.24, 2.45) is 5.92 Å². The summed E-state index contributed by atoms with van der Waals surface area (Å²) in [5.41, 5.74) is 0.763. The van der Waals surface area contributed by atoms with E-state index in [0.717, 1.165) is 25.7 Å². The van der Waals surface area contributed by atoms with Gasteiger partial charge in [0.15, 0.2) is 0 Å². The molecule has 0 aliphatic heterocycles. The highest BCUT2D eigenvalue weighted by atomic mass is 19.1. The molecule has 1 aromatic heterocycles. The summed E-state index contributed by atoms with van der Waals surface area (Å²) < 4.78 is 24.0. The number of carbonyl (C=O) groups excluding carboxylic acids is 1. The molecule has 0 bridgehead atoms. The number of halogens is 1. The van der Waals surface area contributed by atoms with E-state index in [1.54, 1.807) is 24.3 Å². The molecule has 1 aliphatic rings. The van der Waals surface area contributed by atoms with Crippen molar-refractivity contribution in [1.29, 1.82) is 0 Å². The molecular formula is C22H19FO4. The van der Waals surface area contributed by atoms with Gasteiger partial charge in [-0.25, -0.2) is 9.18 Å². The van der Waals surface area contributed by atoms with Crippen LogP contribution in [0.1, 0.15) is 32.1 Å². The summed E-state index contributed by atoms with van der Waals surface area (Å²) >= 11 is 0. The average Bonchev–Trinajstić information content (AvgIpc) is 2.69. The van der Waals surface area contributed by atoms with Crippen LogP contribution in [0.5, 0.6) is 5.75 Å².